The lowest BCUT2D eigenvalue weighted by atomic mass is 10.0. The number of nitrogens with zero attached hydrogens (tertiary/aromatic N) is 3. The maximum Gasteiger partial charge on any atom is 0.228 e. The Morgan fingerprint density at radius 2 is 2.00 bits per heavy atom. The molecule has 7 heteroatoms. The van der Waals surface area contributed by atoms with Crippen LogP contribution in [0, 0.1) is 5.92 Å². The zero-order valence-electron chi connectivity index (χ0n) is 10.6. The van der Waals surface area contributed by atoms with Crippen molar-refractivity contribution >= 4 is 23.5 Å². The first-order chi connectivity index (χ1) is 8.69. The van der Waals surface area contributed by atoms with Crippen molar-refractivity contribution in [1.29, 1.82) is 0 Å². The molecular weight excluding hydrogens is 254 g/mol. The number of rotatable bonds is 5. The number of aromatic nitrogens is 3. The third-order valence-electron chi connectivity index (χ3n) is 3.00. The van der Waals surface area contributed by atoms with Gasteiger partial charge in [0.15, 0.2) is 0 Å². The average Bonchev–Trinajstić information content (AvgIpc) is 2.72. The first kappa shape index (κ1) is 13.3. The van der Waals surface area contributed by atoms with E-state index in [4.69, 9.17) is 16.3 Å². The van der Waals surface area contributed by atoms with E-state index in [2.05, 4.69) is 32.5 Å². The summed E-state index contributed by atoms with van der Waals surface area (Å²) in [6, 6.07) is 0. The highest BCUT2D eigenvalue weighted by Gasteiger charge is 2.24. The summed E-state index contributed by atoms with van der Waals surface area (Å²) in [6.07, 6.45) is 1.34. The Kier molecular flexibility index (Phi) is 4.54. The number of hydrogen-bond acceptors (Lipinski definition) is 6. The quantitative estimate of drug-likeness (QED) is 0.851. The summed E-state index contributed by atoms with van der Waals surface area (Å²) >= 11 is 5.84. The minimum atomic E-state index is 0.194. The molecule has 0 spiro atoms. The number of ether oxygens (including phenoxy) is 1. The van der Waals surface area contributed by atoms with Crippen LogP contribution in [0.15, 0.2) is 0 Å². The normalized spacial score (nSPS) is 23.1. The van der Waals surface area contributed by atoms with Crippen LogP contribution in [0.1, 0.15) is 20.3 Å². The molecule has 6 nitrogen and oxygen atoms in total. The fourth-order valence-electron chi connectivity index (χ4n) is 1.93. The lowest BCUT2D eigenvalue weighted by Crippen LogP contribution is -2.22. The van der Waals surface area contributed by atoms with Gasteiger partial charge in [-0.25, -0.2) is 0 Å². The smallest absolute Gasteiger partial charge is 0.228 e. The highest BCUT2D eigenvalue weighted by atomic mass is 35.5. The molecule has 1 aliphatic heterocycles. The minimum Gasteiger partial charge on any atom is -0.378 e. The molecule has 2 unspecified atom stereocenters. The van der Waals surface area contributed by atoms with Gasteiger partial charge in [0.1, 0.15) is 0 Å². The topological polar surface area (TPSA) is 72.0 Å². The minimum absolute atomic E-state index is 0.194. The maximum atomic E-state index is 5.84. The molecule has 1 saturated heterocycles. The Morgan fingerprint density at radius 3 is 2.61 bits per heavy atom. The summed E-state index contributed by atoms with van der Waals surface area (Å²) < 4.78 is 5.51. The molecule has 0 aromatic carbocycles. The maximum absolute atomic E-state index is 5.84. The van der Waals surface area contributed by atoms with Gasteiger partial charge in [0.2, 0.25) is 17.2 Å². The zero-order valence-corrected chi connectivity index (χ0v) is 11.4. The number of nitrogens with one attached hydrogen (secondary N) is 2. The molecular formula is C11H18ClN5O. The van der Waals surface area contributed by atoms with E-state index in [-0.39, 0.29) is 11.4 Å². The molecule has 2 heterocycles. The van der Waals surface area contributed by atoms with Crippen molar-refractivity contribution in [1.82, 2.24) is 15.0 Å². The van der Waals surface area contributed by atoms with E-state index >= 15 is 0 Å². The summed E-state index contributed by atoms with van der Waals surface area (Å²) in [5.41, 5.74) is 0. The molecule has 18 heavy (non-hydrogen) atoms. The SMILES string of the molecule is CCNc1nc(Cl)nc(NCC2CCOC2C)n1. The van der Waals surface area contributed by atoms with Crippen molar-refractivity contribution in [3.05, 3.63) is 5.28 Å². The van der Waals surface area contributed by atoms with Crippen LogP contribution in [0.25, 0.3) is 0 Å². The van der Waals surface area contributed by atoms with Gasteiger partial charge in [-0.2, -0.15) is 15.0 Å². The van der Waals surface area contributed by atoms with Gasteiger partial charge in [-0.15, -0.1) is 0 Å². The Balaban J connectivity index is 1.95. The van der Waals surface area contributed by atoms with Crippen molar-refractivity contribution in [2.75, 3.05) is 30.3 Å². The van der Waals surface area contributed by atoms with Crippen LogP contribution in [-0.4, -0.2) is 40.8 Å². The van der Waals surface area contributed by atoms with Gasteiger partial charge in [0.25, 0.3) is 0 Å². The molecule has 0 aliphatic carbocycles. The summed E-state index contributed by atoms with van der Waals surface area (Å²) in [6.45, 7) is 6.42. The van der Waals surface area contributed by atoms with Crippen LogP contribution >= 0.6 is 11.6 Å². The van der Waals surface area contributed by atoms with E-state index in [0.717, 1.165) is 26.1 Å². The highest BCUT2D eigenvalue weighted by Crippen LogP contribution is 2.20. The van der Waals surface area contributed by atoms with Crippen molar-refractivity contribution in [3.8, 4) is 0 Å². The van der Waals surface area contributed by atoms with Crippen molar-refractivity contribution in [2.24, 2.45) is 5.92 Å². The second-order valence-corrected chi connectivity index (χ2v) is 4.63. The summed E-state index contributed by atoms with van der Waals surface area (Å²) in [7, 11) is 0. The lowest BCUT2D eigenvalue weighted by Gasteiger charge is -2.14. The molecule has 100 valence electrons. The predicted octanol–water partition coefficient (Wildman–Crippen LogP) is 1.79. The molecule has 2 N–H and O–H groups in total. The van der Waals surface area contributed by atoms with Gasteiger partial charge >= 0.3 is 0 Å². The Hall–Kier alpha value is -1.14. The number of hydrogen-bond donors (Lipinski definition) is 2. The van der Waals surface area contributed by atoms with E-state index in [9.17, 15) is 0 Å². The van der Waals surface area contributed by atoms with E-state index < -0.39 is 0 Å². The van der Waals surface area contributed by atoms with Crippen LogP contribution < -0.4 is 10.6 Å². The second-order valence-electron chi connectivity index (χ2n) is 4.29. The van der Waals surface area contributed by atoms with Crippen LogP contribution in [0.2, 0.25) is 5.28 Å². The zero-order chi connectivity index (χ0) is 13.0. The third kappa shape index (κ3) is 3.43. The van der Waals surface area contributed by atoms with Crippen LogP contribution in [0.5, 0.6) is 0 Å². The largest absolute Gasteiger partial charge is 0.378 e. The van der Waals surface area contributed by atoms with Gasteiger partial charge in [0.05, 0.1) is 6.10 Å². The molecule has 1 aliphatic rings. The molecule has 1 aromatic rings. The average molecular weight is 272 g/mol. The lowest BCUT2D eigenvalue weighted by molar-refractivity contribution is 0.108. The van der Waals surface area contributed by atoms with Crippen molar-refractivity contribution < 1.29 is 4.74 Å². The monoisotopic (exact) mass is 271 g/mol. The third-order valence-corrected chi connectivity index (χ3v) is 3.17. The summed E-state index contributed by atoms with van der Waals surface area (Å²) in [4.78, 5) is 12.3. The number of anilines is 2. The molecule has 0 radical (unpaired) electrons. The fraction of sp³-hybridized carbons (Fsp3) is 0.727. The number of halogens is 1. The van der Waals surface area contributed by atoms with Crippen molar-refractivity contribution in [3.63, 3.8) is 0 Å². The molecule has 2 rings (SSSR count). The van der Waals surface area contributed by atoms with Crippen molar-refractivity contribution in [2.45, 2.75) is 26.4 Å². The molecule has 1 aromatic heterocycles. The van der Waals surface area contributed by atoms with E-state index in [0.29, 0.717) is 17.8 Å². The highest BCUT2D eigenvalue weighted by molar-refractivity contribution is 6.28. The molecule has 0 bridgehead atoms. The Bertz CT molecular complexity index is 403. The van der Waals surface area contributed by atoms with Crippen LogP contribution in [-0.2, 0) is 4.74 Å². The Morgan fingerprint density at radius 1 is 1.28 bits per heavy atom. The van der Waals surface area contributed by atoms with Crippen LogP contribution in [0.3, 0.4) is 0 Å². The molecule has 0 saturated carbocycles. The molecule has 2 atom stereocenters. The van der Waals surface area contributed by atoms with Gasteiger partial charge in [0, 0.05) is 25.6 Å². The van der Waals surface area contributed by atoms with Gasteiger partial charge < -0.3 is 15.4 Å². The van der Waals surface area contributed by atoms with Crippen LogP contribution in [0.4, 0.5) is 11.9 Å². The molecule has 0 amide bonds. The first-order valence-corrected chi connectivity index (χ1v) is 6.57. The van der Waals surface area contributed by atoms with Gasteiger partial charge in [-0.3, -0.25) is 0 Å². The Labute approximate surface area is 112 Å². The predicted molar refractivity (Wildman–Crippen MR) is 71.0 cm³/mol. The fourth-order valence-corrected chi connectivity index (χ4v) is 2.09. The van der Waals surface area contributed by atoms with Gasteiger partial charge in [-0.1, -0.05) is 0 Å². The van der Waals surface area contributed by atoms with E-state index in [1.165, 1.54) is 0 Å². The molecule has 1 fully saturated rings. The van der Waals surface area contributed by atoms with E-state index in [1.54, 1.807) is 0 Å². The van der Waals surface area contributed by atoms with Gasteiger partial charge in [-0.05, 0) is 31.9 Å². The standard InChI is InChI=1S/C11H18ClN5O/c1-3-13-10-15-9(12)16-11(17-10)14-6-8-4-5-18-7(8)2/h7-8H,3-6H2,1-2H3,(H2,13,14,15,16,17). The summed E-state index contributed by atoms with van der Waals surface area (Å²) in [5, 5.41) is 6.40. The first-order valence-electron chi connectivity index (χ1n) is 6.20. The summed E-state index contributed by atoms with van der Waals surface area (Å²) in [5.74, 6) is 1.49. The second kappa shape index (κ2) is 6.15. The van der Waals surface area contributed by atoms with E-state index in [1.807, 2.05) is 6.92 Å².